The van der Waals surface area contributed by atoms with Crippen LogP contribution in [0.1, 0.15) is 17.5 Å². The van der Waals surface area contributed by atoms with Gasteiger partial charge in [-0.1, -0.05) is 36.4 Å². The van der Waals surface area contributed by atoms with E-state index >= 15 is 0 Å². The average molecular weight is 378 g/mol. The van der Waals surface area contributed by atoms with Gasteiger partial charge in [0.1, 0.15) is 0 Å². The molecule has 28 heavy (non-hydrogen) atoms. The molecule has 0 N–H and O–H groups in total. The Bertz CT molecular complexity index is 953. The van der Waals surface area contributed by atoms with Gasteiger partial charge in [0.15, 0.2) is 18.1 Å². The highest BCUT2D eigenvalue weighted by Gasteiger charge is 2.22. The summed E-state index contributed by atoms with van der Waals surface area (Å²) in [4.78, 5) is 24.1. The third-order valence-electron chi connectivity index (χ3n) is 4.34. The third-order valence-corrected chi connectivity index (χ3v) is 4.34. The first-order valence-corrected chi connectivity index (χ1v) is 8.87. The molecule has 0 saturated heterocycles. The van der Waals surface area contributed by atoms with Gasteiger partial charge >= 0.3 is 5.97 Å². The highest BCUT2D eigenvalue weighted by molar-refractivity contribution is 6.02. The van der Waals surface area contributed by atoms with Crippen LogP contribution in [0.15, 0.2) is 59.7 Å². The van der Waals surface area contributed by atoms with E-state index in [1.165, 1.54) is 11.1 Å². The van der Waals surface area contributed by atoms with Gasteiger partial charge in [-0.25, -0.2) is 9.80 Å². The number of nitrogens with zero attached hydrogens (tertiary/aromatic N) is 2. The maximum atomic E-state index is 12.2. The lowest BCUT2D eigenvalue weighted by molar-refractivity contribution is -0.147. The van der Waals surface area contributed by atoms with E-state index in [1.54, 1.807) is 24.3 Å². The predicted octanol–water partition coefficient (Wildman–Crippen LogP) is 2.61. The number of rotatable bonds is 5. The van der Waals surface area contributed by atoms with Crippen LogP contribution in [0.25, 0.3) is 6.08 Å². The summed E-state index contributed by atoms with van der Waals surface area (Å²) in [6.07, 6.45) is 3.54. The van der Waals surface area contributed by atoms with Crippen LogP contribution < -0.4 is 9.47 Å². The van der Waals surface area contributed by atoms with Gasteiger partial charge in [-0.05, 0) is 29.3 Å². The molecule has 7 heteroatoms. The molecule has 0 radical (unpaired) electrons. The molecule has 0 spiro atoms. The Kier molecular flexibility index (Phi) is 5.05. The minimum Gasteiger partial charge on any atom is -0.454 e. The first-order chi connectivity index (χ1) is 13.7. The molecule has 0 aliphatic carbocycles. The second-order valence-corrected chi connectivity index (χ2v) is 6.23. The molecule has 0 saturated carbocycles. The van der Waals surface area contributed by atoms with Crippen molar-refractivity contribution in [3.05, 3.63) is 65.7 Å². The van der Waals surface area contributed by atoms with Crippen LogP contribution in [0, 0.1) is 0 Å². The second kappa shape index (κ2) is 7.96. The minimum absolute atomic E-state index is 0.192. The number of benzene rings is 2. The zero-order valence-electron chi connectivity index (χ0n) is 15.0. The van der Waals surface area contributed by atoms with E-state index in [4.69, 9.17) is 14.2 Å². The van der Waals surface area contributed by atoms with Crippen molar-refractivity contribution in [3.8, 4) is 11.5 Å². The molecule has 2 aliphatic rings. The molecule has 142 valence electrons. The maximum absolute atomic E-state index is 12.2. The van der Waals surface area contributed by atoms with Gasteiger partial charge in [-0.15, -0.1) is 0 Å². The van der Waals surface area contributed by atoms with Crippen molar-refractivity contribution < 1.29 is 23.8 Å². The smallest absolute Gasteiger partial charge is 0.331 e. The molecular formula is C21H18N2O5. The van der Waals surface area contributed by atoms with Crippen LogP contribution >= 0.6 is 0 Å². The van der Waals surface area contributed by atoms with Crippen LogP contribution in [-0.4, -0.2) is 42.5 Å². The number of fused-ring (bicyclic) bond motifs is 1. The number of amides is 1. The van der Waals surface area contributed by atoms with E-state index in [0.29, 0.717) is 24.5 Å². The number of esters is 1. The lowest BCUT2D eigenvalue weighted by Crippen LogP contribution is -2.28. The molecule has 0 atom stereocenters. The van der Waals surface area contributed by atoms with Crippen LogP contribution in [0.3, 0.4) is 0 Å². The average Bonchev–Trinajstić information content (AvgIpc) is 3.40. The van der Waals surface area contributed by atoms with E-state index in [0.717, 1.165) is 16.8 Å². The predicted molar refractivity (Wildman–Crippen MR) is 102 cm³/mol. The Labute approximate surface area is 161 Å². The summed E-state index contributed by atoms with van der Waals surface area (Å²) >= 11 is 0. The normalized spacial score (nSPS) is 15.0. The molecule has 2 aliphatic heterocycles. The third kappa shape index (κ3) is 4.03. The largest absolute Gasteiger partial charge is 0.454 e. The van der Waals surface area contributed by atoms with Gasteiger partial charge in [0, 0.05) is 12.5 Å². The number of carbonyl (C=O) groups is 2. The Morgan fingerprint density at radius 3 is 2.79 bits per heavy atom. The molecule has 4 rings (SSSR count). The van der Waals surface area contributed by atoms with Gasteiger partial charge in [0.25, 0.3) is 5.91 Å². The maximum Gasteiger partial charge on any atom is 0.331 e. The topological polar surface area (TPSA) is 77.4 Å². The minimum atomic E-state index is -0.600. The van der Waals surface area contributed by atoms with Crippen molar-refractivity contribution in [2.24, 2.45) is 5.10 Å². The van der Waals surface area contributed by atoms with Crippen molar-refractivity contribution in [2.75, 3.05) is 19.9 Å². The number of hydrazone groups is 1. The molecule has 0 bridgehead atoms. The molecule has 2 aromatic rings. The highest BCUT2D eigenvalue weighted by atomic mass is 16.7. The van der Waals surface area contributed by atoms with E-state index < -0.39 is 5.97 Å². The molecule has 1 amide bonds. The van der Waals surface area contributed by atoms with Crippen LogP contribution in [0.2, 0.25) is 0 Å². The quantitative estimate of drug-likeness (QED) is 0.590. The zero-order valence-corrected chi connectivity index (χ0v) is 15.0. The van der Waals surface area contributed by atoms with Gasteiger partial charge in [0.2, 0.25) is 6.79 Å². The van der Waals surface area contributed by atoms with Crippen LogP contribution in [0.5, 0.6) is 11.5 Å². The molecule has 0 unspecified atom stereocenters. The summed E-state index contributed by atoms with van der Waals surface area (Å²) in [5.74, 6) is 0.353. The number of hydrogen-bond donors (Lipinski definition) is 0. The molecule has 0 aromatic heterocycles. The van der Waals surface area contributed by atoms with Crippen molar-refractivity contribution >= 4 is 23.7 Å². The first-order valence-electron chi connectivity index (χ1n) is 8.87. The first kappa shape index (κ1) is 17.8. The van der Waals surface area contributed by atoms with Crippen molar-refractivity contribution in [2.45, 2.75) is 6.42 Å². The van der Waals surface area contributed by atoms with Gasteiger partial charge in [-0.2, -0.15) is 5.10 Å². The Balaban J connectivity index is 1.29. The number of ether oxygens (including phenoxy) is 3. The van der Waals surface area contributed by atoms with Crippen molar-refractivity contribution in [3.63, 3.8) is 0 Å². The molecule has 7 nitrogen and oxygen atoms in total. The summed E-state index contributed by atoms with van der Waals surface area (Å²) in [6.45, 7) is 0.321. The van der Waals surface area contributed by atoms with E-state index in [1.807, 2.05) is 30.3 Å². The lowest BCUT2D eigenvalue weighted by atomic mass is 10.1. The van der Waals surface area contributed by atoms with Crippen molar-refractivity contribution in [1.29, 1.82) is 0 Å². The Morgan fingerprint density at radius 1 is 1.11 bits per heavy atom. The van der Waals surface area contributed by atoms with Crippen molar-refractivity contribution in [1.82, 2.24) is 5.01 Å². The summed E-state index contributed by atoms with van der Waals surface area (Å²) in [5.41, 5.74) is 2.61. The molecule has 2 aromatic carbocycles. The van der Waals surface area contributed by atoms with E-state index in [2.05, 4.69) is 5.10 Å². The van der Waals surface area contributed by atoms with Gasteiger partial charge < -0.3 is 14.2 Å². The Morgan fingerprint density at radius 2 is 1.93 bits per heavy atom. The second-order valence-electron chi connectivity index (χ2n) is 6.23. The number of hydrogen-bond acceptors (Lipinski definition) is 6. The number of carbonyl (C=O) groups excluding carboxylic acids is 2. The fraction of sp³-hybridized carbons (Fsp3) is 0.190. The monoisotopic (exact) mass is 378 g/mol. The van der Waals surface area contributed by atoms with Gasteiger partial charge in [-0.3, -0.25) is 4.79 Å². The van der Waals surface area contributed by atoms with Crippen LogP contribution in [-0.2, 0) is 14.3 Å². The highest BCUT2D eigenvalue weighted by Crippen LogP contribution is 2.32. The summed E-state index contributed by atoms with van der Waals surface area (Å²) in [6, 6.07) is 15.0. The zero-order chi connectivity index (χ0) is 19.3. The molecule has 2 heterocycles. The van der Waals surface area contributed by atoms with Gasteiger partial charge in [0.05, 0.1) is 12.3 Å². The van der Waals surface area contributed by atoms with Crippen LogP contribution in [0.4, 0.5) is 0 Å². The lowest BCUT2D eigenvalue weighted by Gasteiger charge is -2.10. The fourth-order valence-corrected chi connectivity index (χ4v) is 2.91. The molecular weight excluding hydrogens is 360 g/mol. The molecule has 0 fully saturated rings. The SMILES string of the molecule is O=C(/C=C/c1ccc2c(c1)OCO2)OCC(=O)N1CCC(c2ccccc2)=N1. The summed E-state index contributed by atoms with van der Waals surface area (Å²) < 4.78 is 15.6. The summed E-state index contributed by atoms with van der Waals surface area (Å²) in [7, 11) is 0. The standard InChI is InChI=1S/C21H18N2O5/c24-20(23-11-10-17(22-23)16-4-2-1-3-5-16)13-26-21(25)9-7-15-6-8-18-19(12-15)28-14-27-18/h1-9,12H,10-11,13-14H2/b9-7+. The van der Waals surface area contributed by atoms with E-state index in [9.17, 15) is 9.59 Å². The fourth-order valence-electron chi connectivity index (χ4n) is 2.91. The summed E-state index contributed by atoms with van der Waals surface area (Å²) in [5, 5.41) is 5.67. The Hall–Kier alpha value is -3.61. The van der Waals surface area contributed by atoms with E-state index in [-0.39, 0.29) is 19.3 Å².